The molecule has 1 aliphatic carbocycles. The SMILES string of the molecule is CO[Si](CCCNC1=CC=C(NCCC[Si](OC)(OC)OC)C1)(OC)OC. The van der Waals surface area contributed by atoms with E-state index >= 15 is 0 Å². The van der Waals surface area contributed by atoms with Crippen molar-refractivity contribution in [2.24, 2.45) is 0 Å². The van der Waals surface area contributed by atoms with Gasteiger partial charge in [0.1, 0.15) is 0 Å². The van der Waals surface area contributed by atoms with Gasteiger partial charge < -0.3 is 37.2 Å². The van der Waals surface area contributed by atoms with E-state index in [2.05, 4.69) is 22.8 Å². The standard InChI is InChI=1S/C17H36N2O6Si2/c1-20-26(21-2,22-3)13-7-11-18-16-9-10-17(15-16)19-12-8-14-27(23-4,24-5)25-6/h9-10,18-19H,7-8,11-15H2,1-6H3. The Kier molecular flexibility index (Phi) is 11.4. The molecule has 0 saturated heterocycles. The molecule has 0 spiro atoms. The van der Waals surface area contributed by atoms with Gasteiger partial charge in [-0.2, -0.15) is 0 Å². The van der Waals surface area contributed by atoms with Crippen molar-refractivity contribution in [3.63, 3.8) is 0 Å². The van der Waals surface area contributed by atoms with E-state index in [0.29, 0.717) is 0 Å². The Labute approximate surface area is 165 Å². The van der Waals surface area contributed by atoms with Crippen LogP contribution in [0.2, 0.25) is 12.1 Å². The van der Waals surface area contributed by atoms with Crippen LogP contribution in [-0.2, 0) is 26.6 Å². The average Bonchev–Trinajstić information content (AvgIpc) is 3.17. The molecule has 8 nitrogen and oxygen atoms in total. The van der Waals surface area contributed by atoms with Gasteiger partial charge in [-0.15, -0.1) is 0 Å². The van der Waals surface area contributed by atoms with Crippen molar-refractivity contribution in [2.75, 3.05) is 55.7 Å². The lowest BCUT2D eigenvalue weighted by Gasteiger charge is -2.24. The van der Waals surface area contributed by atoms with Gasteiger partial charge in [-0.05, 0) is 25.0 Å². The third-order valence-electron chi connectivity index (χ3n) is 4.76. The third-order valence-corrected chi connectivity index (χ3v) is 10.4. The molecule has 0 aromatic rings. The summed E-state index contributed by atoms with van der Waals surface area (Å²) in [5, 5.41) is 6.94. The van der Waals surface area contributed by atoms with Crippen molar-refractivity contribution >= 4 is 17.6 Å². The van der Waals surface area contributed by atoms with E-state index in [1.165, 1.54) is 11.4 Å². The van der Waals surface area contributed by atoms with Gasteiger partial charge in [0, 0.05) is 85.7 Å². The van der Waals surface area contributed by atoms with Crippen LogP contribution in [0.1, 0.15) is 19.3 Å². The van der Waals surface area contributed by atoms with Crippen molar-refractivity contribution in [1.29, 1.82) is 0 Å². The number of hydrogen-bond donors (Lipinski definition) is 2. The number of rotatable bonds is 16. The highest BCUT2D eigenvalue weighted by Gasteiger charge is 2.37. The quantitative estimate of drug-likeness (QED) is 0.289. The van der Waals surface area contributed by atoms with Crippen LogP contribution in [0.25, 0.3) is 0 Å². The Bertz CT molecular complexity index is 424. The first kappa shape index (κ1) is 24.3. The molecular weight excluding hydrogens is 384 g/mol. The molecular formula is C17H36N2O6Si2. The summed E-state index contributed by atoms with van der Waals surface area (Å²) in [6, 6.07) is 1.58. The largest absolute Gasteiger partial charge is 0.500 e. The second-order valence-electron chi connectivity index (χ2n) is 6.21. The van der Waals surface area contributed by atoms with Crippen molar-refractivity contribution in [2.45, 2.75) is 31.4 Å². The molecule has 0 amide bonds. The number of nitrogens with one attached hydrogen (secondary N) is 2. The zero-order valence-corrected chi connectivity index (χ0v) is 19.6. The first-order chi connectivity index (χ1) is 13.0. The minimum absolute atomic E-state index is 0.791. The van der Waals surface area contributed by atoms with Gasteiger partial charge in [-0.3, -0.25) is 0 Å². The minimum Gasteiger partial charge on any atom is -0.388 e. The van der Waals surface area contributed by atoms with Gasteiger partial charge >= 0.3 is 17.6 Å². The van der Waals surface area contributed by atoms with Crippen LogP contribution in [0.4, 0.5) is 0 Å². The van der Waals surface area contributed by atoms with E-state index in [0.717, 1.165) is 44.4 Å². The Balaban J connectivity index is 2.19. The van der Waals surface area contributed by atoms with Crippen molar-refractivity contribution < 1.29 is 26.6 Å². The molecule has 158 valence electrons. The summed E-state index contributed by atoms with van der Waals surface area (Å²) in [6.07, 6.45) is 6.99. The molecule has 2 N–H and O–H groups in total. The van der Waals surface area contributed by atoms with Crippen molar-refractivity contribution in [3.05, 3.63) is 23.5 Å². The molecule has 0 fully saturated rings. The van der Waals surface area contributed by atoms with Gasteiger partial charge in [0.05, 0.1) is 0 Å². The van der Waals surface area contributed by atoms with E-state index < -0.39 is 17.6 Å². The smallest absolute Gasteiger partial charge is 0.388 e. The highest BCUT2D eigenvalue weighted by atomic mass is 28.4. The maximum absolute atomic E-state index is 5.44. The van der Waals surface area contributed by atoms with Crippen molar-refractivity contribution in [3.8, 4) is 0 Å². The lowest BCUT2D eigenvalue weighted by Crippen LogP contribution is -2.43. The zero-order chi connectivity index (χ0) is 20.2. The molecule has 0 aliphatic heterocycles. The van der Waals surface area contributed by atoms with Crippen molar-refractivity contribution in [1.82, 2.24) is 10.6 Å². The summed E-state index contributed by atoms with van der Waals surface area (Å²) in [7, 11) is 4.94. The molecule has 0 radical (unpaired) electrons. The van der Waals surface area contributed by atoms with E-state index in [9.17, 15) is 0 Å². The summed E-state index contributed by atoms with van der Waals surface area (Å²) in [5.74, 6) is 0. The second kappa shape index (κ2) is 12.7. The first-order valence-electron chi connectivity index (χ1n) is 9.21. The molecule has 0 bridgehead atoms. The van der Waals surface area contributed by atoms with Gasteiger partial charge in [0.25, 0.3) is 0 Å². The predicted molar refractivity (Wildman–Crippen MR) is 109 cm³/mol. The fourth-order valence-electron chi connectivity index (χ4n) is 2.99. The van der Waals surface area contributed by atoms with Crippen LogP contribution < -0.4 is 10.6 Å². The van der Waals surface area contributed by atoms with Gasteiger partial charge in [0.15, 0.2) is 0 Å². The second-order valence-corrected chi connectivity index (χ2v) is 12.4. The third kappa shape index (κ3) is 7.66. The molecule has 0 atom stereocenters. The molecule has 0 saturated carbocycles. The van der Waals surface area contributed by atoms with Gasteiger partial charge in [-0.1, -0.05) is 0 Å². The minimum atomic E-state index is -2.47. The van der Waals surface area contributed by atoms with Crippen LogP contribution in [0.5, 0.6) is 0 Å². The summed E-state index contributed by atoms with van der Waals surface area (Å²) in [4.78, 5) is 0. The molecule has 1 aliphatic rings. The van der Waals surface area contributed by atoms with Crippen LogP contribution in [0, 0.1) is 0 Å². The van der Waals surface area contributed by atoms with E-state index in [1.54, 1.807) is 42.7 Å². The summed E-state index contributed by atoms with van der Waals surface area (Å²) >= 11 is 0. The highest BCUT2D eigenvalue weighted by molar-refractivity contribution is 6.60. The van der Waals surface area contributed by atoms with Gasteiger partial charge in [-0.25, -0.2) is 0 Å². The van der Waals surface area contributed by atoms with Crippen LogP contribution in [0.15, 0.2) is 23.5 Å². The van der Waals surface area contributed by atoms with E-state index in [4.69, 9.17) is 26.6 Å². The molecule has 10 heteroatoms. The van der Waals surface area contributed by atoms with E-state index in [1.807, 2.05) is 0 Å². The van der Waals surface area contributed by atoms with E-state index in [-0.39, 0.29) is 0 Å². The van der Waals surface area contributed by atoms with Crippen LogP contribution in [0.3, 0.4) is 0 Å². The summed E-state index contributed by atoms with van der Waals surface area (Å²) < 4.78 is 32.6. The average molecular weight is 421 g/mol. The normalized spacial score (nSPS) is 14.9. The Morgan fingerprint density at radius 2 is 1.00 bits per heavy atom. The molecule has 0 heterocycles. The molecule has 0 aromatic carbocycles. The van der Waals surface area contributed by atoms with Crippen LogP contribution >= 0.6 is 0 Å². The lowest BCUT2D eigenvalue weighted by atomic mass is 10.3. The molecule has 0 unspecified atom stereocenters. The zero-order valence-electron chi connectivity index (χ0n) is 17.6. The Morgan fingerprint density at radius 1 is 0.667 bits per heavy atom. The highest BCUT2D eigenvalue weighted by Crippen LogP contribution is 2.18. The maximum atomic E-state index is 5.44. The Morgan fingerprint density at radius 3 is 1.30 bits per heavy atom. The summed E-state index contributed by atoms with van der Waals surface area (Å²) in [5.41, 5.74) is 2.43. The topological polar surface area (TPSA) is 79.4 Å². The molecule has 27 heavy (non-hydrogen) atoms. The Hall–Kier alpha value is -0.726. The number of hydrogen-bond acceptors (Lipinski definition) is 8. The maximum Gasteiger partial charge on any atom is 0.500 e. The first-order valence-corrected chi connectivity index (χ1v) is 13.1. The molecule has 1 rings (SSSR count). The summed E-state index contributed by atoms with van der Waals surface area (Å²) in [6.45, 7) is 1.73. The molecule has 0 aromatic heterocycles. The number of allylic oxidation sites excluding steroid dienone is 2. The fourth-order valence-corrected chi connectivity index (χ4v) is 6.43. The lowest BCUT2D eigenvalue weighted by molar-refractivity contribution is 0.122. The van der Waals surface area contributed by atoms with Crippen LogP contribution in [-0.4, -0.2) is 73.4 Å². The fraction of sp³-hybridized carbons (Fsp3) is 0.765. The van der Waals surface area contributed by atoms with Gasteiger partial charge in [0.2, 0.25) is 0 Å². The monoisotopic (exact) mass is 420 g/mol. The predicted octanol–water partition coefficient (Wildman–Crippen LogP) is 1.87.